The molecule has 0 N–H and O–H groups in total. The highest BCUT2D eigenvalue weighted by Gasteiger charge is 2.27. The van der Waals surface area contributed by atoms with Crippen molar-refractivity contribution in [2.75, 3.05) is 64.0 Å². The van der Waals surface area contributed by atoms with Crippen molar-refractivity contribution in [2.45, 2.75) is 4.90 Å². The molecule has 2 heterocycles. The third-order valence-corrected chi connectivity index (χ3v) is 7.65. The molecule has 0 unspecified atom stereocenters. The first-order valence-electron chi connectivity index (χ1n) is 10.9. The third kappa shape index (κ3) is 5.52. The molecule has 2 saturated heterocycles. The Hall–Kier alpha value is -2.95. The Morgan fingerprint density at radius 2 is 1.58 bits per heavy atom. The summed E-state index contributed by atoms with van der Waals surface area (Å²) in [6, 6.07) is 15.7. The molecule has 9 nitrogen and oxygen atoms in total. The standard InChI is InChI=1S/C23H27N3O6S/c27-22(25-11-9-24(10-12-25)20-6-2-1-3-7-20)18-32-23(28)19-5-4-8-21(17-19)33(29,30)26-13-15-31-16-14-26/h1-8,17H,9-16,18H2. The van der Waals surface area contributed by atoms with E-state index in [1.807, 2.05) is 30.3 Å². The summed E-state index contributed by atoms with van der Waals surface area (Å²) in [6.45, 7) is 3.30. The predicted octanol–water partition coefficient (Wildman–Crippen LogP) is 1.21. The molecule has 2 aliphatic rings. The molecule has 2 aliphatic heterocycles. The fourth-order valence-electron chi connectivity index (χ4n) is 3.87. The molecular weight excluding hydrogens is 446 g/mol. The van der Waals surface area contributed by atoms with Crippen LogP contribution in [-0.2, 0) is 24.3 Å². The Morgan fingerprint density at radius 3 is 2.27 bits per heavy atom. The largest absolute Gasteiger partial charge is 0.452 e. The Kier molecular flexibility index (Phi) is 7.26. The van der Waals surface area contributed by atoms with Gasteiger partial charge in [-0.25, -0.2) is 13.2 Å². The van der Waals surface area contributed by atoms with Crippen LogP contribution >= 0.6 is 0 Å². The minimum Gasteiger partial charge on any atom is -0.452 e. The van der Waals surface area contributed by atoms with Crippen molar-refractivity contribution >= 4 is 27.6 Å². The van der Waals surface area contributed by atoms with E-state index < -0.39 is 16.0 Å². The van der Waals surface area contributed by atoms with Crippen molar-refractivity contribution < 1.29 is 27.5 Å². The fraction of sp³-hybridized carbons (Fsp3) is 0.391. The highest BCUT2D eigenvalue weighted by molar-refractivity contribution is 7.89. The lowest BCUT2D eigenvalue weighted by atomic mass is 10.2. The number of piperazine rings is 1. The number of rotatable bonds is 6. The summed E-state index contributed by atoms with van der Waals surface area (Å²) in [4.78, 5) is 28.9. The van der Waals surface area contributed by atoms with Crippen molar-refractivity contribution in [3.05, 3.63) is 60.2 Å². The average Bonchev–Trinajstić information content (AvgIpc) is 2.88. The number of carbonyl (C=O) groups excluding carboxylic acids is 2. The summed E-state index contributed by atoms with van der Waals surface area (Å²) in [5.41, 5.74) is 1.20. The number of para-hydroxylation sites is 1. The van der Waals surface area contributed by atoms with Crippen LogP contribution in [0.3, 0.4) is 0 Å². The monoisotopic (exact) mass is 473 g/mol. The van der Waals surface area contributed by atoms with Gasteiger partial charge in [-0.3, -0.25) is 4.79 Å². The molecule has 176 valence electrons. The molecule has 0 spiro atoms. The molecule has 2 aromatic rings. The van der Waals surface area contributed by atoms with Crippen LogP contribution in [0.15, 0.2) is 59.5 Å². The second kappa shape index (κ2) is 10.3. The van der Waals surface area contributed by atoms with Crippen LogP contribution in [0.1, 0.15) is 10.4 Å². The van der Waals surface area contributed by atoms with Crippen LogP contribution in [0.5, 0.6) is 0 Å². The number of nitrogens with zero attached hydrogens (tertiary/aromatic N) is 3. The Labute approximate surface area is 193 Å². The van der Waals surface area contributed by atoms with Crippen LogP contribution in [-0.4, -0.2) is 88.6 Å². The molecule has 0 radical (unpaired) electrons. The fourth-order valence-corrected chi connectivity index (χ4v) is 5.33. The van der Waals surface area contributed by atoms with Gasteiger partial charge in [-0.05, 0) is 30.3 Å². The van der Waals surface area contributed by atoms with Gasteiger partial charge in [0.1, 0.15) is 0 Å². The number of ether oxygens (including phenoxy) is 2. The van der Waals surface area contributed by atoms with Gasteiger partial charge in [0.2, 0.25) is 10.0 Å². The molecule has 0 atom stereocenters. The number of carbonyl (C=O) groups is 2. The zero-order valence-corrected chi connectivity index (χ0v) is 19.1. The van der Waals surface area contributed by atoms with Crippen LogP contribution in [0.4, 0.5) is 5.69 Å². The summed E-state index contributed by atoms with van der Waals surface area (Å²) >= 11 is 0. The van der Waals surface area contributed by atoms with Gasteiger partial charge in [-0.1, -0.05) is 24.3 Å². The van der Waals surface area contributed by atoms with Crippen molar-refractivity contribution in [1.82, 2.24) is 9.21 Å². The highest BCUT2D eigenvalue weighted by Crippen LogP contribution is 2.19. The van der Waals surface area contributed by atoms with Crippen LogP contribution in [0, 0.1) is 0 Å². The molecule has 0 aliphatic carbocycles. The lowest BCUT2D eigenvalue weighted by Crippen LogP contribution is -2.49. The zero-order valence-electron chi connectivity index (χ0n) is 18.3. The molecule has 0 aromatic heterocycles. The lowest BCUT2D eigenvalue weighted by Gasteiger charge is -2.36. The molecule has 0 saturated carbocycles. The molecule has 2 fully saturated rings. The maximum atomic E-state index is 12.8. The normalized spacial score (nSPS) is 17.6. The van der Waals surface area contributed by atoms with E-state index in [1.165, 1.54) is 28.6 Å². The first kappa shape index (κ1) is 23.2. The lowest BCUT2D eigenvalue weighted by molar-refractivity contribution is -0.134. The third-order valence-electron chi connectivity index (χ3n) is 5.76. The summed E-state index contributed by atoms with van der Waals surface area (Å²) in [5.74, 6) is -1.00. The summed E-state index contributed by atoms with van der Waals surface area (Å²) in [7, 11) is -3.73. The van der Waals surface area contributed by atoms with E-state index in [-0.39, 0.29) is 36.1 Å². The first-order valence-corrected chi connectivity index (χ1v) is 12.3. The minimum atomic E-state index is -3.73. The maximum Gasteiger partial charge on any atom is 0.338 e. The number of benzene rings is 2. The number of amides is 1. The Bertz CT molecular complexity index is 1080. The molecule has 2 aromatic carbocycles. The van der Waals surface area contributed by atoms with Crippen molar-refractivity contribution in [3.8, 4) is 0 Å². The zero-order chi connectivity index (χ0) is 23.3. The second-order valence-electron chi connectivity index (χ2n) is 7.82. The van der Waals surface area contributed by atoms with Crippen molar-refractivity contribution in [1.29, 1.82) is 0 Å². The van der Waals surface area contributed by atoms with E-state index in [2.05, 4.69) is 4.90 Å². The van der Waals surface area contributed by atoms with Gasteiger partial charge in [0, 0.05) is 45.0 Å². The number of anilines is 1. The van der Waals surface area contributed by atoms with Crippen molar-refractivity contribution in [2.24, 2.45) is 0 Å². The summed E-state index contributed by atoms with van der Waals surface area (Å²) < 4.78 is 37.4. The number of hydrogen-bond acceptors (Lipinski definition) is 7. The maximum absolute atomic E-state index is 12.8. The van der Waals surface area contributed by atoms with E-state index in [9.17, 15) is 18.0 Å². The van der Waals surface area contributed by atoms with Gasteiger partial charge in [0.15, 0.2) is 6.61 Å². The van der Waals surface area contributed by atoms with Gasteiger partial charge in [0.25, 0.3) is 5.91 Å². The van der Waals surface area contributed by atoms with E-state index in [0.717, 1.165) is 5.69 Å². The molecular formula is C23H27N3O6S. The SMILES string of the molecule is O=C(OCC(=O)N1CCN(c2ccccc2)CC1)c1cccc(S(=O)(=O)N2CCOCC2)c1. The van der Waals surface area contributed by atoms with Crippen LogP contribution in [0.25, 0.3) is 0 Å². The molecule has 1 amide bonds. The second-order valence-corrected chi connectivity index (χ2v) is 9.76. The topological polar surface area (TPSA) is 96.5 Å². The first-order chi connectivity index (χ1) is 15.9. The molecule has 4 rings (SSSR count). The van der Waals surface area contributed by atoms with Crippen LogP contribution < -0.4 is 4.90 Å². The minimum absolute atomic E-state index is 0.0159. The van der Waals surface area contributed by atoms with Gasteiger partial charge >= 0.3 is 5.97 Å². The summed E-state index contributed by atoms with van der Waals surface area (Å²) in [6.07, 6.45) is 0. The van der Waals surface area contributed by atoms with E-state index in [4.69, 9.17) is 9.47 Å². The molecule has 33 heavy (non-hydrogen) atoms. The van der Waals surface area contributed by atoms with E-state index >= 15 is 0 Å². The van der Waals surface area contributed by atoms with Gasteiger partial charge in [-0.15, -0.1) is 0 Å². The van der Waals surface area contributed by atoms with E-state index in [1.54, 1.807) is 4.90 Å². The highest BCUT2D eigenvalue weighted by atomic mass is 32.2. The molecule has 0 bridgehead atoms. The summed E-state index contributed by atoms with van der Waals surface area (Å²) in [5, 5.41) is 0. The average molecular weight is 474 g/mol. The molecule has 10 heteroatoms. The number of hydrogen-bond donors (Lipinski definition) is 0. The number of sulfonamides is 1. The quantitative estimate of drug-likeness (QED) is 0.582. The van der Waals surface area contributed by atoms with Gasteiger partial charge in [0.05, 0.1) is 23.7 Å². The smallest absolute Gasteiger partial charge is 0.338 e. The Morgan fingerprint density at radius 1 is 0.879 bits per heavy atom. The van der Waals surface area contributed by atoms with Gasteiger partial charge < -0.3 is 19.3 Å². The predicted molar refractivity (Wildman–Crippen MR) is 122 cm³/mol. The van der Waals surface area contributed by atoms with Crippen molar-refractivity contribution in [3.63, 3.8) is 0 Å². The van der Waals surface area contributed by atoms with Crippen LogP contribution in [0.2, 0.25) is 0 Å². The number of esters is 1. The number of morpholine rings is 1. The van der Waals surface area contributed by atoms with Gasteiger partial charge in [-0.2, -0.15) is 4.31 Å². The van der Waals surface area contributed by atoms with E-state index in [0.29, 0.717) is 39.4 Å². The Balaban J connectivity index is 1.31.